The van der Waals surface area contributed by atoms with Crippen LogP contribution in [0, 0.1) is 0 Å². The number of Topliss-reactive ketones (excluding diaryl/α,β-unsaturated/α-hetero) is 1. The molecule has 0 bridgehead atoms. The van der Waals surface area contributed by atoms with Gasteiger partial charge >= 0.3 is 17.9 Å². The SMILES string of the molecule is C=CCN1CCC(NC2(C(=O)CC)C=CC=CC2)(C(=O)OCC)CC1.O=C(O)C(=O)O. The molecular formula is C22H32N2O7. The molecule has 0 spiro atoms. The molecule has 172 valence electrons. The number of likely N-dealkylation sites (tertiary alicyclic amines) is 1. The fraction of sp³-hybridized carbons (Fsp3) is 0.545. The van der Waals surface area contributed by atoms with E-state index in [4.69, 9.17) is 24.5 Å². The number of nitrogens with zero attached hydrogens (tertiary/aromatic N) is 1. The molecule has 0 amide bonds. The van der Waals surface area contributed by atoms with Crippen LogP contribution in [0.4, 0.5) is 0 Å². The molecule has 0 aromatic heterocycles. The number of aliphatic carboxylic acids is 2. The Labute approximate surface area is 182 Å². The highest BCUT2D eigenvalue weighted by molar-refractivity contribution is 6.27. The van der Waals surface area contributed by atoms with Crippen LogP contribution in [0.3, 0.4) is 0 Å². The number of hydrogen-bond acceptors (Lipinski definition) is 7. The molecule has 9 nitrogen and oxygen atoms in total. The Kier molecular flexibility index (Phi) is 10.3. The van der Waals surface area contributed by atoms with Gasteiger partial charge in [-0.25, -0.2) is 9.59 Å². The number of carboxylic acids is 2. The molecule has 0 aromatic rings. The second kappa shape index (κ2) is 12.2. The second-order valence-corrected chi connectivity index (χ2v) is 7.37. The number of nitrogens with one attached hydrogen (secondary N) is 1. The van der Waals surface area contributed by atoms with Crippen LogP contribution in [0.1, 0.15) is 39.5 Å². The van der Waals surface area contributed by atoms with Crippen LogP contribution in [0.2, 0.25) is 0 Å². The number of esters is 1. The third-order valence-corrected chi connectivity index (χ3v) is 5.29. The summed E-state index contributed by atoms with van der Waals surface area (Å²) in [5, 5.41) is 18.3. The van der Waals surface area contributed by atoms with E-state index in [1.165, 1.54) is 0 Å². The number of ketones is 1. The van der Waals surface area contributed by atoms with E-state index in [9.17, 15) is 9.59 Å². The van der Waals surface area contributed by atoms with Crippen LogP contribution in [0.25, 0.3) is 0 Å². The van der Waals surface area contributed by atoms with Crippen LogP contribution in [-0.4, -0.2) is 76.1 Å². The molecular weight excluding hydrogens is 404 g/mol. The molecule has 31 heavy (non-hydrogen) atoms. The van der Waals surface area contributed by atoms with Crippen molar-refractivity contribution in [2.75, 3.05) is 26.2 Å². The minimum atomic E-state index is -1.82. The van der Waals surface area contributed by atoms with Gasteiger partial charge in [-0.1, -0.05) is 37.3 Å². The number of piperidine rings is 1. The van der Waals surface area contributed by atoms with E-state index in [0.29, 0.717) is 32.3 Å². The topological polar surface area (TPSA) is 133 Å². The van der Waals surface area contributed by atoms with Crippen molar-refractivity contribution in [1.29, 1.82) is 0 Å². The van der Waals surface area contributed by atoms with E-state index < -0.39 is 23.0 Å². The molecule has 0 aromatic carbocycles. The van der Waals surface area contributed by atoms with Gasteiger partial charge < -0.3 is 14.9 Å². The maximum absolute atomic E-state index is 12.8. The van der Waals surface area contributed by atoms with E-state index in [-0.39, 0.29) is 11.8 Å². The van der Waals surface area contributed by atoms with Crippen LogP contribution >= 0.6 is 0 Å². The quantitative estimate of drug-likeness (QED) is 0.294. The first kappa shape index (κ1) is 26.3. The van der Waals surface area contributed by atoms with E-state index in [1.807, 2.05) is 44.2 Å². The summed E-state index contributed by atoms with van der Waals surface area (Å²) in [5.41, 5.74) is -1.65. The number of rotatable bonds is 8. The monoisotopic (exact) mass is 436 g/mol. The molecule has 1 unspecified atom stereocenters. The van der Waals surface area contributed by atoms with Crippen molar-refractivity contribution >= 4 is 23.7 Å². The van der Waals surface area contributed by atoms with Crippen molar-refractivity contribution < 1.29 is 34.1 Å². The molecule has 1 saturated heterocycles. The molecule has 1 heterocycles. The van der Waals surface area contributed by atoms with Gasteiger partial charge in [-0.3, -0.25) is 19.8 Å². The lowest BCUT2D eigenvalue weighted by Crippen LogP contribution is -2.67. The van der Waals surface area contributed by atoms with E-state index in [2.05, 4.69) is 16.8 Å². The van der Waals surface area contributed by atoms with Crippen LogP contribution in [-0.2, 0) is 23.9 Å². The van der Waals surface area contributed by atoms with Crippen LogP contribution in [0.5, 0.6) is 0 Å². The molecule has 0 saturated carbocycles. The Bertz CT molecular complexity index is 724. The van der Waals surface area contributed by atoms with Gasteiger partial charge in [-0.05, 0) is 26.2 Å². The zero-order valence-corrected chi connectivity index (χ0v) is 18.1. The lowest BCUT2D eigenvalue weighted by molar-refractivity contribution is -0.159. The van der Waals surface area contributed by atoms with Crippen molar-refractivity contribution in [2.45, 2.75) is 50.6 Å². The molecule has 1 aliphatic carbocycles. The Balaban J connectivity index is 0.000000703. The minimum Gasteiger partial charge on any atom is -0.473 e. The third kappa shape index (κ3) is 7.15. The predicted molar refractivity (Wildman–Crippen MR) is 115 cm³/mol. The molecule has 9 heteroatoms. The van der Waals surface area contributed by atoms with Crippen molar-refractivity contribution in [3.05, 3.63) is 37.0 Å². The molecule has 3 N–H and O–H groups in total. The van der Waals surface area contributed by atoms with Crippen LogP contribution in [0.15, 0.2) is 37.0 Å². The van der Waals surface area contributed by atoms with Gasteiger partial charge in [0.25, 0.3) is 0 Å². The third-order valence-electron chi connectivity index (χ3n) is 5.29. The molecule has 2 rings (SSSR count). The van der Waals surface area contributed by atoms with E-state index in [1.54, 1.807) is 0 Å². The van der Waals surface area contributed by atoms with Gasteiger partial charge in [0.2, 0.25) is 0 Å². The smallest absolute Gasteiger partial charge is 0.414 e. The summed E-state index contributed by atoms with van der Waals surface area (Å²) in [5.74, 6) is -3.80. The van der Waals surface area contributed by atoms with E-state index >= 15 is 0 Å². The summed E-state index contributed by atoms with van der Waals surface area (Å²) in [4.78, 5) is 46.0. The Morgan fingerprint density at radius 2 is 1.74 bits per heavy atom. The van der Waals surface area contributed by atoms with Crippen molar-refractivity contribution in [3.63, 3.8) is 0 Å². The van der Waals surface area contributed by atoms with Gasteiger partial charge in [0.05, 0.1) is 6.61 Å². The Morgan fingerprint density at radius 1 is 1.13 bits per heavy atom. The minimum absolute atomic E-state index is 0.102. The summed E-state index contributed by atoms with van der Waals surface area (Å²) in [6.07, 6.45) is 11.8. The number of carbonyl (C=O) groups is 4. The zero-order chi connectivity index (χ0) is 23.5. The van der Waals surface area contributed by atoms with Gasteiger partial charge in [-0.2, -0.15) is 0 Å². The summed E-state index contributed by atoms with van der Waals surface area (Å²) in [7, 11) is 0. The fourth-order valence-electron chi connectivity index (χ4n) is 3.68. The lowest BCUT2D eigenvalue weighted by Gasteiger charge is -2.45. The summed E-state index contributed by atoms with van der Waals surface area (Å²) in [6.45, 7) is 10.1. The lowest BCUT2D eigenvalue weighted by atomic mass is 9.79. The average molecular weight is 437 g/mol. The predicted octanol–water partition coefficient (Wildman–Crippen LogP) is 1.55. The van der Waals surface area contributed by atoms with Crippen molar-refractivity contribution in [3.8, 4) is 0 Å². The zero-order valence-electron chi connectivity index (χ0n) is 18.1. The highest BCUT2D eigenvalue weighted by Crippen LogP contribution is 2.31. The first-order valence-electron chi connectivity index (χ1n) is 10.3. The van der Waals surface area contributed by atoms with Gasteiger partial charge in [0.1, 0.15) is 11.1 Å². The summed E-state index contributed by atoms with van der Waals surface area (Å²) >= 11 is 0. The average Bonchev–Trinajstić information content (AvgIpc) is 2.76. The maximum Gasteiger partial charge on any atom is 0.414 e. The van der Waals surface area contributed by atoms with Gasteiger partial charge in [0, 0.05) is 26.1 Å². The highest BCUT2D eigenvalue weighted by atomic mass is 16.5. The number of carbonyl (C=O) groups excluding carboxylic acids is 2. The first-order valence-corrected chi connectivity index (χ1v) is 10.3. The van der Waals surface area contributed by atoms with Crippen molar-refractivity contribution in [1.82, 2.24) is 10.2 Å². The standard InChI is InChI=1S/C20H30N2O3.C2H2O4/c1-4-14-22-15-12-20(13-16-22,18(24)25-6-3)21-19(17(23)5-2)10-8-7-9-11-19;3-1(4)2(5)6/h4,7-10,21H,1,5-6,11-16H2,2-3H3;(H,3,4)(H,5,6). The Hall–Kier alpha value is -2.78. The number of carboxylic acid groups (broad SMARTS) is 2. The molecule has 2 aliphatic rings. The second-order valence-electron chi connectivity index (χ2n) is 7.37. The van der Waals surface area contributed by atoms with Crippen LogP contribution < -0.4 is 5.32 Å². The Morgan fingerprint density at radius 3 is 2.16 bits per heavy atom. The largest absolute Gasteiger partial charge is 0.473 e. The first-order chi connectivity index (χ1) is 14.7. The molecule has 1 fully saturated rings. The summed E-state index contributed by atoms with van der Waals surface area (Å²) < 4.78 is 5.39. The number of ether oxygens (including phenoxy) is 1. The maximum atomic E-state index is 12.8. The van der Waals surface area contributed by atoms with Gasteiger partial charge in [0.15, 0.2) is 5.78 Å². The number of allylic oxidation sites excluding steroid dienone is 2. The number of hydrogen-bond donors (Lipinski definition) is 3. The molecule has 1 atom stereocenters. The fourth-order valence-corrected chi connectivity index (χ4v) is 3.68. The molecule has 0 radical (unpaired) electrons. The highest BCUT2D eigenvalue weighted by Gasteiger charge is 2.49. The van der Waals surface area contributed by atoms with E-state index in [0.717, 1.165) is 19.6 Å². The summed E-state index contributed by atoms with van der Waals surface area (Å²) in [6, 6.07) is 0. The normalized spacial score (nSPS) is 22.0. The van der Waals surface area contributed by atoms with Crippen molar-refractivity contribution in [2.24, 2.45) is 0 Å². The molecule has 1 aliphatic heterocycles. The van der Waals surface area contributed by atoms with Gasteiger partial charge in [-0.15, -0.1) is 6.58 Å².